The molecule has 8 nitrogen and oxygen atoms in total. The molecular weight excluding hydrogens is 358 g/mol. The highest BCUT2D eigenvalue weighted by Gasteiger charge is 2.42. The first kappa shape index (κ1) is 19.0. The molecule has 0 bridgehead atoms. The number of likely N-dealkylation sites (tertiary alicyclic amines) is 1. The number of pyridine rings is 1. The Morgan fingerprint density at radius 2 is 1.54 bits per heavy atom. The summed E-state index contributed by atoms with van der Waals surface area (Å²) >= 11 is 0. The van der Waals surface area contributed by atoms with E-state index in [4.69, 9.17) is 5.11 Å². The fourth-order valence-electron chi connectivity index (χ4n) is 4.78. The molecule has 1 N–H and O–H groups in total. The van der Waals surface area contributed by atoms with E-state index in [-0.39, 0.29) is 12.6 Å². The van der Waals surface area contributed by atoms with Gasteiger partial charge in [0, 0.05) is 70.4 Å². The third-order valence-electron chi connectivity index (χ3n) is 6.56. The van der Waals surface area contributed by atoms with E-state index in [0.29, 0.717) is 31.6 Å². The number of aromatic nitrogens is 1. The molecular formula is C20H29N5O3. The van der Waals surface area contributed by atoms with Crippen LogP contribution in [0, 0.1) is 5.41 Å². The largest absolute Gasteiger partial charge is 0.480 e. The summed E-state index contributed by atoms with van der Waals surface area (Å²) in [6.07, 6.45) is 6.99. The molecule has 152 valence electrons. The summed E-state index contributed by atoms with van der Waals surface area (Å²) in [5.41, 5.74) is 1.56. The molecule has 3 aliphatic heterocycles. The normalized spacial score (nSPS) is 22.6. The maximum Gasteiger partial charge on any atom is 0.320 e. The van der Waals surface area contributed by atoms with Crippen LogP contribution < -0.4 is 4.90 Å². The number of piperazine rings is 1. The van der Waals surface area contributed by atoms with E-state index in [1.807, 2.05) is 27.1 Å². The molecule has 1 spiro atoms. The summed E-state index contributed by atoms with van der Waals surface area (Å²) in [6.45, 7) is 6.33. The van der Waals surface area contributed by atoms with Crippen LogP contribution >= 0.6 is 0 Å². The number of carbonyl (C=O) groups excluding carboxylic acids is 1. The zero-order valence-electron chi connectivity index (χ0n) is 16.3. The minimum atomic E-state index is -0.807. The molecule has 0 atom stereocenters. The Morgan fingerprint density at radius 3 is 2.18 bits per heavy atom. The molecule has 3 saturated heterocycles. The third-order valence-corrected chi connectivity index (χ3v) is 6.56. The maximum absolute atomic E-state index is 12.9. The van der Waals surface area contributed by atoms with Gasteiger partial charge in [0.2, 0.25) is 0 Å². The molecule has 3 fully saturated rings. The molecule has 0 saturated carbocycles. The number of aliphatic carboxylic acids is 1. The van der Waals surface area contributed by atoms with Gasteiger partial charge in [0.25, 0.3) is 0 Å². The van der Waals surface area contributed by atoms with Crippen LogP contribution in [0.25, 0.3) is 0 Å². The van der Waals surface area contributed by atoms with Crippen LogP contribution in [0.2, 0.25) is 0 Å². The van der Waals surface area contributed by atoms with Crippen LogP contribution in [-0.2, 0) is 4.79 Å². The topological polar surface area (TPSA) is 80.2 Å². The number of rotatable bonds is 3. The summed E-state index contributed by atoms with van der Waals surface area (Å²) in [4.78, 5) is 36.0. The first-order chi connectivity index (χ1) is 13.5. The van der Waals surface area contributed by atoms with Crippen LogP contribution in [0.4, 0.5) is 10.5 Å². The van der Waals surface area contributed by atoms with E-state index in [0.717, 1.165) is 39.0 Å². The molecule has 2 amide bonds. The first-order valence-electron chi connectivity index (χ1n) is 10.2. The molecule has 0 unspecified atom stereocenters. The second-order valence-corrected chi connectivity index (χ2v) is 8.30. The van der Waals surface area contributed by atoms with Gasteiger partial charge in [-0.15, -0.1) is 0 Å². The summed E-state index contributed by atoms with van der Waals surface area (Å²) in [5.74, 6) is -0.807. The maximum atomic E-state index is 12.9. The van der Waals surface area contributed by atoms with Crippen molar-refractivity contribution >= 4 is 17.7 Å². The Hall–Kier alpha value is -2.35. The number of carboxylic acid groups (broad SMARTS) is 1. The Bertz CT molecular complexity index is 697. The number of carbonyl (C=O) groups is 2. The van der Waals surface area contributed by atoms with Crippen molar-refractivity contribution in [1.82, 2.24) is 19.7 Å². The van der Waals surface area contributed by atoms with Crippen molar-refractivity contribution in [3.63, 3.8) is 0 Å². The lowest BCUT2D eigenvalue weighted by Crippen LogP contribution is -2.55. The average molecular weight is 387 g/mol. The third kappa shape index (κ3) is 4.06. The van der Waals surface area contributed by atoms with Gasteiger partial charge >= 0.3 is 12.0 Å². The Morgan fingerprint density at radius 1 is 0.929 bits per heavy atom. The number of carboxylic acids is 1. The zero-order chi connectivity index (χ0) is 19.6. The molecule has 1 aromatic heterocycles. The van der Waals surface area contributed by atoms with Gasteiger partial charge in [-0.05, 0) is 36.8 Å². The lowest BCUT2D eigenvalue weighted by Gasteiger charge is -2.42. The van der Waals surface area contributed by atoms with Gasteiger partial charge in [0.05, 0.1) is 6.54 Å². The highest BCUT2D eigenvalue weighted by molar-refractivity contribution is 5.75. The standard InChI is InChI=1S/C20H29N5O3/c26-18(27)15-22-11-13-24(14-12-22)19(28)23-8-3-20(4-9-23)5-10-25(16-20)17-1-6-21-7-2-17/h1-2,6-7H,3-5,8-16H2,(H,26,27). The van der Waals surface area contributed by atoms with Gasteiger partial charge in [-0.1, -0.05) is 0 Å². The summed E-state index contributed by atoms with van der Waals surface area (Å²) in [7, 11) is 0. The van der Waals surface area contributed by atoms with Gasteiger partial charge in [-0.2, -0.15) is 0 Å². The number of nitrogens with zero attached hydrogens (tertiary/aromatic N) is 5. The highest BCUT2D eigenvalue weighted by Crippen LogP contribution is 2.41. The van der Waals surface area contributed by atoms with Crippen molar-refractivity contribution in [2.75, 3.05) is 63.8 Å². The van der Waals surface area contributed by atoms with E-state index in [1.54, 1.807) is 0 Å². The number of piperidine rings is 1. The number of urea groups is 1. The summed E-state index contributed by atoms with van der Waals surface area (Å²) in [6, 6.07) is 4.26. The Labute approximate surface area is 165 Å². The van der Waals surface area contributed by atoms with Crippen molar-refractivity contribution in [2.24, 2.45) is 5.41 Å². The van der Waals surface area contributed by atoms with Crippen LogP contribution in [-0.4, -0.2) is 95.7 Å². The van der Waals surface area contributed by atoms with Gasteiger partial charge < -0.3 is 19.8 Å². The number of hydrogen-bond acceptors (Lipinski definition) is 5. The van der Waals surface area contributed by atoms with Crippen LogP contribution in [0.3, 0.4) is 0 Å². The molecule has 28 heavy (non-hydrogen) atoms. The molecule has 0 radical (unpaired) electrons. The van der Waals surface area contributed by atoms with E-state index in [1.165, 1.54) is 12.1 Å². The van der Waals surface area contributed by atoms with Crippen LogP contribution in [0.5, 0.6) is 0 Å². The van der Waals surface area contributed by atoms with Gasteiger partial charge in [0.15, 0.2) is 0 Å². The van der Waals surface area contributed by atoms with E-state index in [2.05, 4.69) is 22.0 Å². The molecule has 4 heterocycles. The van der Waals surface area contributed by atoms with Crippen molar-refractivity contribution < 1.29 is 14.7 Å². The van der Waals surface area contributed by atoms with Crippen molar-refractivity contribution in [3.05, 3.63) is 24.5 Å². The van der Waals surface area contributed by atoms with Crippen LogP contribution in [0.1, 0.15) is 19.3 Å². The zero-order valence-corrected chi connectivity index (χ0v) is 16.3. The lowest BCUT2D eigenvalue weighted by atomic mass is 9.78. The minimum Gasteiger partial charge on any atom is -0.480 e. The van der Waals surface area contributed by atoms with E-state index in [9.17, 15) is 9.59 Å². The average Bonchev–Trinajstić information content (AvgIpc) is 3.12. The SMILES string of the molecule is O=C(O)CN1CCN(C(=O)N2CCC3(CC2)CCN(c2ccncc2)C3)CC1. The van der Waals surface area contributed by atoms with Crippen molar-refractivity contribution in [3.8, 4) is 0 Å². The molecule has 0 aromatic carbocycles. The molecule has 4 rings (SSSR count). The predicted octanol–water partition coefficient (Wildman–Crippen LogP) is 1.20. The second-order valence-electron chi connectivity index (χ2n) is 8.30. The monoisotopic (exact) mass is 387 g/mol. The second kappa shape index (κ2) is 7.95. The van der Waals surface area contributed by atoms with Gasteiger partial charge in [0.1, 0.15) is 0 Å². The number of amides is 2. The van der Waals surface area contributed by atoms with Crippen molar-refractivity contribution in [1.29, 1.82) is 0 Å². The fourth-order valence-corrected chi connectivity index (χ4v) is 4.78. The highest BCUT2D eigenvalue weighted by atomic mass is 16.4. The quantitative estimate of drug-likeness (QED) is 0.839. The molecule has 1 aromatic rings. The van der Waals surface area contributed by atoms with Crippen LogP contribution in [0.15, 0.2) is 24.5 Å². The van der Waals surface area contributed by atoms with Crippen molar-refractivity contribution in [2.45, 2.75) is 19.3 Å². The molecule has 0 aliphatic carbocycles. The Balaban J connectivity index is 1.27. The minimum absolute atomic E-state index is 0.0578. The van der Waals surface area contributed by atoms with E-state index < -0.39 is 5.97 Å². The van der Waals surface area contributed by atoms with Gasteiger partial charge in [-0.3, -0.25) is 14.7 Å². The molecule has 8 heteroatoms. The van der Waals surface area contributed by atoms with E-state index >= 15 is 0 Å². The number of hydrogen-bond donors (Lipinski definition) is 1. The summed E-state index contributed by atoms with van der Waals surface area (Å²) in [5, 5.41) is 8.90. The number of anilines is 1. The fraction of sp³-hybridized carbons (Fsp3) is 0.650. The molecule has 3 aliphatic rings. The first-order valence-corrected chi connectivity index (χ1v) is 10.2. The summed E-state index contributed by atoms with van der Waals surface area (Å²) < 4.78 is 0. The lowest BCUT2D eigenvalue weighted by molar-refractivity contribution is -0.138. The predicted molar refractivity (Wildman–Crippen MR) is 105 cm³/mol. The van der Waals surface area contributed by atoms with Gasteiger partial charge in [-0.25, -0.2) is 4.79 Å². The Kier molecular flexibility index (Phi) is 5.39. The smallest absolute Gasteiger partial charge is 0.320 e.